The molecule has 0 saturated carbocycles. The summed E-state index contributed by atoms with van der Waals surface area (Å²) in [4.78, 5) is 39.6. The Kier molecular flexibility index (Phi) is 8.54. The monoisotopic (exact) mass is 460 g/mol. The number of fused-ring (bicyclic) bond motifs is 1. The van der Waals surface area contributed by atoms with Crippen LogP contribution in [0.1, 0.15) is 53.1 Å². The molecule has 1 aliphatic rings. The Bertz CT molecular complexity index is 927. The van der Waals surface area contributed by atoms with Crippen molar-refractivity contribution >= 4 is 45.9 Å². The van der Waals surface area contributed by atoms with Gasteiger partial charge in [0, 0.05) is 30.5 Å². The second-order valence-electron chi connectivity index (χ2n) is 7.31. The first-order chi connectivity index (χ1) is 15.0. The van der Waals surface area contributed by atoms with Crippen LogP contribution in [0.4, 0.5) is 5.00 Å². The molecule has 2 aromatic rings. The lowest BCUT2D eigenvalue weighted by molar-refractivity contribution is -0.129. The van der Waals surface area contributed by atoms with Crippen molar-refractivity contribution in [2.24, 2.45) is 0 Å². The molecule has 0 aliphatic carbocycles. The van der Waals surface area contributed by atoms with Gasteiger partial charge in [0.1, 0.15) is 5.00 Å². The van der Waals surface area contributed by atoms with Crippen molar-refractivity contribution in [3.63, 3.8) is 0 Å². The maximum absolute atomic E-state index is 12.6. The van der Waals surface area contributed by atoms with Crippen LogP contribution in [0.25, 0.3) is 0 Å². The first kappa shape index (κ1) is 23.3. The predicted octanol–water partition coefficient (Wildman–Crippen LogP) is 4.48. The number of benzene rings is 1. The van der Waals surface area contributed by atoms with Crippen molar-refractivity contribution in [2.45, 2.75) is 45.4 Å². The van der Waals surface area contributed by atoms with E-state index in [-0.39, 0.29) is 18.4 Å². The maximum atomic E-state index is 12.6. The topological polar surface area (TPSA) is 75.7 Å². The molecule has 1 aliphatic heterocycles. The van der Waals surface area contributed by atoms with Crippen LogP contribution in [0.2, 0.25) is 0 Å². The number of ether oxygens (including phenoxy) is 1. The van der Waals surface area contributed by atoms with Gasteiger partial charge in [-0.3, -0.25) is 9.59 Å². The Morgan fingerprint density at radius 3 is 2.71 bits per heavy atom. The van der Waals surface area contributed by atoms with Crippen LogP contribution < -0.4 is 5.32 Å². The summed E-state index contributed by atoms with van der Waals surface area (Å²) in [7, 11) is 0. The van der Waals surface area contributed by atoms with E-state index in [1.165, 1.54) is 16.9 Å². The van der Waals surface area contributed by atoms with Gasteiger partial charge < -0.3 is 15.0 Å². The lowest BCUT2D eigenvalue weighted by Gasteiger charge is -2.25. The number of thiophene rings is 1. The van der Waals surface area contributed by atoms with Gasteiger partial charge in [-0.1, -0.05) is 30.3 Å². The number of thioether (sulfide) groups is 1. The van der Waals surface area contributed by atoms with Gasteiger partial charge in [-0.2, -0.15) is 11.8 Å². The van der Waals surface area contributed by atoms with Gasteiger partial charge >= 0.3 is 5.97 Å². The molecule has 0 saturated heterocycles. The van der Waals surface area contributed by atoms with Crippen LogP contribution in [0.5, 0.6) is 0 Å². The molecule has 6 nitrogen and oxygen atoms in total. The fraction of sp³-hybridized carbons (Fsp3) is 0.435. The number of carbonyl (C=O) groups is 3. The van der Waals surface area contributed by atoms with Gasteiger partial charge in [-0.25, -0.2) is 4.79 Å². The summed E-state index contributed by atoms with van der Waals surface area (Å²) in [5.74, 6) is 1.31. The summed E-state index contributed by atoms with van der Waals surface area (Å²) in [6.07, 6.45) is 1.75. The predicted molar refractivity (Wildman–Crippen MR) is 126 cm³/mol. The zero-order valence-electron chi connectivity index (χ0n) is 17.9. The fourth-order valence-corrected chi connectivity index (χ4v) is 5.66. The molecule has 8 heteroatoms. The summed E-state index contributed by atoms with van der Waals surface area (Å²) in [6.45, 7) is 4.61. The van der Waals surface area contributed by atoms with Gasteiger partial charge in [0.05, 0.1) is 18.7 Å². The largest absolute Gasteiger partial charge is 0.462 e. The molecular weight excluding hydrogens is 432 g/mol. The first-order valence-corrected chi connectivity index (χ1v) is 12.5. The number of anilines is 1. The zero-order chi connectivity index (χ0) is 22.2. The Morgan fingerprint density at radius 1 is 1.23 bits per heavy atom. The molecule has 1 aromatic carbocycles. The second-order valence-corrected chi connectivity index (χ2v) is 9.52. The lowest BCUT2D eigenvalue weighted by atomic mass is 10.0. The molecule has 0 radical (unpaired) electrons. The molecule has 0 fully saturated rings. The quantitative estimate of drug-likeness (QED) is 0.441. The van der Waals surface area contributed by atoms with Crippen molar-refractivity contribution in [1.82, 2.24) is 4.90 Å². The van der Waals surface area contributed by atoms with E-state index in [1.54, 1.807) is 30.5 Å². The van der Waals surface area contributed by atoms with Crippen LogP contribution in [0.3, 0.4) is 0 Å². The van der Waals surface area contributed by atoms with Crippen molar-refractivity contribution < 1.29 is 19.1 Å². The molecule has 0 spiro atoms. The minimum absolute atomic E-state index is 0.00956. The summed E-state index contributed by atoms with van der Waals surface area (Å²) < 4.78 is 5.24. The number of esters is 1. The zero-order valence-corrected chi connectivity index (χ0v) is 19.6. The molecule has 3 rings (SSSR count). The lowest BCUT2D eigenvalue weighted by Crippen LogP contribution is -2.34. The highest BCUT2D eigenvalue weighted by Crippen LogP contribution is 2.37. The minimum atomic E-state index is -0.412. The van der Waals surface area contributed by atoms with Gasteiger partial charge in [-0.15, -0.1) is 11.3 Å². The van der Waals surface area contributed by atoms with Crippen molar-refractivity contribution in [1.29, 1.82) is 0 Å². The highest BCUT2D eigenvalue weighted by Gasteiger charge is 2.30. The van der Waals surface area contributed by atoms with Gasteiger partial charge in [0.15, 0.2) is 0 Å². The van der Waals surface area contributed by atoms with Crippen molar-refractivity contribution in [2.75, 3.05) is 24.2 Å². The second kappa shape index (κ2) is 11.3. The van der Waals surface area contributed by atoms with Crippen LogP contribution in [0, 0.1) is 0 Å². The van der Waals surface area contributed by atoms with E-state index in [9.17, 15) is 14.4 Å². The highest BCUT2D eigenvalue weighted by molar-refractivity contribution is 7.98. The van der Waals surface area contributed by atoms with Gasteiger partial charge in [0.25, 0.3) is 0 Å². The number of nitrogens with zero attached hydrogens (tertiary/aromatic N) is 1. The SMILES string of the molecule is CCOC(=O)c1c(NC(=O)CCCSCc2ccccc2)sc2c1CCN(C(C)=O)C2. The van der Waals surface area contributed by atoms with Crippen LogP contribution in [-0.4, -0.2) is 41.6 Å². The third-order valence-electron chi connectivity index (χ3n) is 5.04. The molecular formula is C23H28N2O4S2. The third-order valence-corrected chi connectivity index (χ3v) is 7.29. The summed E-state index contributed by atoms with van der Waals surface area (Å²) in [5.41, 5.74) is 2.63. The standard InChI is InChI=1S/C23H28N2O4S2/c1-3-29-23(28)21-18-11-12-25(16(2)26)14-19(18)31-22(21)24-20(27)10-7-13-30-15-17-8-5-4-6-9-17/h4-6,8-9H,3,7,10-15H2,1-2H3,(H,24,27). The number of carbonyl (C=O) groups excluding carboxylic acids is 3. The molecule has 2 amide bonds. The van der Waals surface area contributed by atoms with E-state index >= 15 is 0 Å². The van der Waals surface area contributed by atoms with E-state index in [2.05, 4.69) is 17.4 Å². The Hall–Kier alpha value is -2.32. The Labute approximate surface area is 191 Å². The number of hydrogen-bond donors (Lipinski definition) is 1. The van der Waals surface area contributed by atoms with E-state index in [1.807, 2.05) is 18.2 Å². The normalized spacial score (nSPS) is 12.9. The molecule has 0 atom stereocenters. The maximum Gasteiger partial charge on any atom is 0.341 e. The van der Waals surface area contributed by atoms with Gasteiger partial charge in [-0.05, 0) is 36.6 Å². The minimum Gasteiger partial charge on any atom is -0.462 e. The first-order valence-electron chi connectivity index (χ1n) is 10.5. The molecule has 1 aromatic heterocycles. The summed E-state index contributed by atoms with van der Waals surface area (Å²) in [6, 6.07) is 10.3. The molecule has 31 heavy (non-hydrogen) atoms. The summed E-state index contributed by atoms with van der Waals surface area (Å²) in [5, 5.41) is 3.46. The van der Waals surface area contributed by atoms with Crippen molar-refractivity contribution in [3.05, 3.63) is 51.9 Å². The average molecular weight is 461 g/mol. The van der Waals surface area contributed by atoms with Crippen molar-refractivity contribution in [3.8, 4) is 0 Å². The van der Waals surface area contributed by atoms with E-state index in [0.29, 0.717) is 36.5 Å². The Morgan fingerprint density at radius 2 is 2.00 bits per heavy atom. The molecule has 1 N–H and O–H groups in total. The van der Waals surface area contributed by atoms with Gasteiger partial charge in [0.2, 0.25) is 11.8 Å². The van der Waals surface area contributed by atoms with Crippen LogP contribution >= 0.6 is 23.1 Å². The Balaban J connectivity index is 1.58. The van der Waals surface area contributed by atoms with Crippen LogP contribution in [0.15, 0.2) is 30.3 Å². The number of nitrogens with one attached hydrogen (secondary N) is 1. The van der Waals surface area contributed by atoms with Crippen LogP contribution in [-0.2, 0) is 33.0 Å². The fourth-order valence-electron chi connectivity index (χ4n) is 3.47. The molecule has 166 valence electrons. The van der Waals surface area contributed by atoms with E-state index < -0.39 is 5.97 Å². The molecule has 0 unspecified atom stereocenters. The van der Waals surface area contributed by atoms with E-state index in [0.717, 1.165) is 28.4 Å². The van der Waals surface area contributed by atoms with E-state index in [4.69, 9.17) is 4.74 Å². The molecule has 0 bridgehead atoms. The molecule has 2 heterocycles. The number of hydrogen-bond acceptors (Lipinski definition) is 6. The third kappa shape index (κ3) is 6.33. The number of amides is 2. The highest BCUT2D eigenvalue weighted by atomic mass is 32.2. The average Bonchev–Trinajstić information content (AvgIpc) is 3.11. The smallest absolute Gasteiger partial charge is 0.341 e. The summed E-state index contributed by atoms with van der Waals surface area (Å²) >= 11 is 3.18. The number of rotatable bonds is 9.